The van der Waals surface area contributed by atoms with E-state index in [2.05, 4.69) is 16.6 Å². The normalized spacial score (nSPS) is 10.9. The van der Waals surface area contributed by atoms with Crippen LogP contribution in [-0.2, 0) is 14.3 Å². The van der Waals surface area contributed by atoms with Crippen LogP contribution in [0.4, 0.5) is 5.69 Å². The Morgan fingerprint density at radius 1 is 1.35 bits per heavy atom. The Balaban J connectivity index is 2.79. The highest BCUT2D eigenvalue weighted by atomic mass is 16.7. The zero-order chi connectivity index (χ0) is 15.1. The lowest BCUT2D eigenvalue weighted by atomic mass is 10.2. The molecule has 0 heterocycles. The molecule has 0 fully saturated rings. The molecule has 7 nitrogen and oxygen atoms in total. The smallest absolute Gasteiger partial charge is 0.341 e. The predicted octanol–water partition coefficient (Wildman–Crippen LogP) is 3.25. The molecule has 0 radical (unpaired) electrons. The molecule has 1 aromatic rings. The van der Waals surface area contributed by atoms with E-state index in [0.29, 0.717) is 0 Å². The molecule has 7 heteroatoms. The minimum Gasteiger partial charge on any atom is -0.422 e. The molecule has 0 aliphatic carbocycles. The van der Waals surface area contributed by atoms with Crippen LogP contribution in [0.1, 0.15) is 24.2 Å². The summed E-state index contributed by atoms with van der Waals surface area (Å²) in [5.74, 6) is -1.41. The van der Waals surface area contributed by atoms with Gasteiger partial charge in [0, 0.05) is 17.4 Å². The Labute approximate surface area is 115 Å². The van der Waals surface area contributed by atoms with Gasteiger partial charge in [-0.05, 0) is 18.5 Å². The maximum Gasteiger partial charge on any atom is 0.341 e. The minimum atomic E-state index is -1.08. The number of hydrogen-bond donors (Lipinski definition) is 0. The molecule has 1 atom stereocenters. The molecule has 0 aromatic heterocycles. The van der Waals surface area contributed by atoms with Gasteiger partial charge in [0.2, 0.25) is 6.29 Å². The maximum atomic E-state index is 11.9. The van der Waals surface area contributed by atoms with Crippen LogP contribution in [0, 0.1) is 0 Å². The summed E-state index contributed by atoms with van der Waals surface area (Å²) >= 11 is 0. The lowest BCUT2D eigenvalue weighted by Crippen LogP contribution is -2.22. The second-order valence-electron chi connectivity index (χ2n) is 3.87. The molecule has 1 rings (SSSR count). The lowest BCUT2D eigenvalue weighted by Gasteiger charge is -2.14. The van der Waals surface area contributed by atoms with Gasteiger partial charge in [-0.3, -0.25) is 0 Å². The van der Waals surface area contributed by atoms with E-state index in [-0.39, 0.29) is 16.8 Å². The van der Waals surface area contributed by atoms with E-state index < -0.39 is 18.2 Å². The van der Waals surface area contributed by atoms with Crippen LogP contribution in [0.3, 0.4) is 0 Å². The average molecular weight is 275 g/mol. The zero-order valence-corrected chi connectivity index (χ0v) is 11.1. The molecule has 0 saturated carbocycles. The SMILES string of the molecule is C=C(C)C(=O)OC(C)OC(=O)c1ccccc1N=[N+]=[N-]. The molecule has 0 saturated heterocycles. The van der Waals surface area contributed by atoms with Crippen molar-refractivity contribution in [3.05, 3.63) is 52.4 Å². The molecule has 0 aliphatic heterocycles. The topological polar surface area (TPSA) is 101 Å². The first kappa shape index (κ1) is 15.3. The number of carbonyl (C=O) groups is 2. The largest absolute Gasteiger partial charge is 0.422 e. The van der Waals surface area contributed by atoms with Gasteiger partial charge in [0.25, 0.3) is 0 Å². The maximum absolute atomic E-state index is 11.9. The molecule has 104 valence electrons. The van der Waals surface area contributed by atoms with Crippen molar-refractivity contribution in [2.45, 2.75) is 20.1 Å². The third-order valence-electron chi connectivity index (χ3n) is 2.17. The zero-order valence-electron chi connectivity index (χ0n) is 11.1. The molecule has 0 spiro atoms. The summed E-state index contributed by atoms with van der Waals surface area (Å²) < 4.78 is 9.76. The Morgan fingerprint density at radius 2 is 2.00 bits per heavy atom. The van der Waals surface area contributed by atoms with Crippen molar-refractivity contribution in [2.75, 3.05) is 0 Å². The summed E-state index contributed by atoms with van der Waals surface area (Å²) in [6.45, 7) is 6.29. The van der Waals surface area contributed by atoms with Crippen molar-refractivity contribution in [2.24, 2.45) is 5.11 Å². The summed E-state index contributed by atoms with van der Waals surface area (Å²) in [5.41, 5.74) is 8.84. The van der Waals surface area contributed by atoms with E-state index in [1.165, 1.54) is 26.0 Å². The second kappa shape index (κ2) is 6.96. The number of hydrogen-bond acceptors (Lipinski definition) is 5. The first-order valence-corrected chi connectivity index (χ1v) is 5.67. The average Bonchev–Trinajstić information content (AvgIpc) is 2.39. The summed E-state index contributed by atoms with van der Waals surface area (Å²) in [6.07, 6.45) is -1.08. The summed E-state index contributed by atoms with van der Waals surface area (Å²) in [7, 11) is 0. The van der Waals surface area contributed by atoms with Gasteiger partial charge in [-0.15, -0.1) is 0 Å². The predicted molar refractivity (Wildman–Crippen MR) is 71.0 cm³/mol. The molecule has 0 amide bonds. The van der Waals surface area contributed by atoms with E-state index in [1.54, 1.807) is 12.1 Å². The summed E-state index contributed by atoms with van der Waals surface area (Å²) in [6, 6.07) is 6.13. The molecule has 1 unspecified atom stereocenters. The van der Waals surface area contributed by atoms with E-state index in [0.717, 1.165) is 0 Å². The van der Waals surface area contributed by atoms with Crippen LogP contribution in [0.15, 0.2) is 41.5 Å². The van der Waals surface area contributed by atoms with Gasteiger partial charge in [-0.25, -0.2) is 9.59 Å². The fourth-order valence-electron chi connectivity index (χ4n) is 1.27. The lowest BCUT2D eigenvalue weighted by molar-refractivity contribution is -0.160. The van der Waals surface area contributed by atoms with Crippen LogP contribution in [-0.4, -0.2) is 18.2 Å². The summed E-state index contributed by atoms with van der Waals surface area (Å²) in [5, 5.41) is 3.38. The number of rotatable bonds is 5. The Bertz CT molecular complexity index is 591. The Hall–Kier alpha value is -2.79. The van der Waals surface area contributed by atoms with Gasteiger partial charge in [-0.1, -0.05) is 29.9 Å². The molecular weight excluding hydrogens is 262 g/mol. The van der Waals surface area contributed by atoms with E-state index in [9.17, 15) is 9.59 Å². The Kier molecular flexibility index (Phi) is 5.31. The molecule has 0 bridgehead atoms. The van der Waals surface area contributed by atoms with Gasteiger partial charge >= 0.3 is 11.9 Å². The third-order valence-corrected chi connectivity index (χ3v) is 2.17. The first-order chi connectivity index (χ1) is 9.45. The van der Waals surface area contributed by atoms with E-state index in [4.69, 9.17) is 15.0 Å². The first-order valence-electron chi connectivity index (χ1n) is 5.67. The number of ether oxygens (including phenoxy) is 2. The second-order valence-corrected chi connectivity index (χ2v) is 3.87. The molecular formula is C13H13N3O4. The summed E-state index contributed by atoms with van der Waals surface area (Å²) in [4.78, 5) is 25.8. The van der Waals surface area contributed by atoms with Crippen molar-refractivity contribution in [3.8, 4) is 0 Å². The quantitative estimate of drug-likeness (QED) is 0.205. The van der Waals surface area contributed by atoms with Crippen molar-refractivity contribution in [1.29, 1.82) is 0 Å². The van der Waals surface area contributed by atoms with Crippen LogP contribution in [0.2, 0.25) is 0 Å². The van der Waals surface area contributed by atoms with Crippen molar-refractivity contribution in [1.82, 2.24) is 0 Å². The van der Waals surface area contributed by atoms with Crippen molar-refractivity contribution < 1.29 is 19.1 Å². The van der Waals surface area contributed by atoms with E-state index >= 15 is 0 Å². The van der Waals surface area contributed by atoms with Crippen LogP contribution < -0.4 is 0 Å². The highest BCUT2D eigenvalue weighted by Gasteiger charge is 2.17. The van der Waals surface area contributed by atoms with Crippen molar-refractivity contribution in [3.63, 3.8) is 0 Å². The number of azide groups is 1. The number of esters is 2. The number of nitrogens with zero attached hydrogens (tertiary/aromatic N) is 3. The third kappa shape index (κ3) is 4.15. The monoisotopic (exact) mass is 275 g/mol. The molecule has 0 aliphatic rings. The Morgan fingerprint density at radius 3 is 2.60 bits per heavy atom. The minimum absolute atomic E-state index is 0.0866. The fourth-order valence-corrected chi connectivity index (χ4v) is 1.27. The van der Waals surface area contributed by atoms with E-state index in [1.807, 2.05) is 0 Å². The van der Waals surface area contributed by atoms with Crippen LogP contribution >= 0.6 is 0 Å². The van der Waals surface area contributed by atoms with Crippen LogP contribution in [0.5, 0.6) is 0 Å². The molecule has 0 N–H and O–H groups in total. The molecule has 20 heavy (non-hydrogen) atoms. The van der Waals surface area contributed by atoms with Gasteiger partial charge in [0.05, 0.1) is 11.3 Å². The van der Waals surface area contributed by atoms with Gasteiger partial charge in [0.1, 0.15) is 0 Å². The highest BCUT2D eigenvalue weighted by Crippen LogP contribution is 2.20. The number of carbonyl (C=O) groups excluding carboxylic acids is 2. The van der Waals surface area contributed by atoms with Crippen LogP contribution in [0.25, 0.3) is 10.4 Å². The highest BCUT2D eigenvalue weighted by molar-refractivity contribution is 5.95. The number of benzene rings is 1. The van der Waals surface area contributed by atoms with Gasteiger partial charge < -0.3 is 9.47 Å². The molecule has 1 aromatic carbocycles. The fraction of sp³-hybridized carbons (Fsp3) is 0.231. The van der Waals surface area contributed by atoms with Gasteiger partial charge in [0.15, 0.2) is 0 Å². The standard InChI is InChI=1S/C13H13N3O4/c1-8(2)12(17)19-9(3)20-13(18)10-6-4-5-7-11(10)15-16-14/h4-7,9H,1H2,2-3H3. The van der Waals surface area contributed by atoms with Gasteiger partial charge in [-0.2, -0.15) is 0 Å². The van der Waals surface area contributed by atoms with Crippen molar-refractivity contribution >= 4 is 17.6 Å².